The highest BCUT2D eigenvalue weighted by Crippen LogP contribution is 2.10. The monoisotopic (exact) mass is 348 g/mol. The molecule has 0 saturated carbocycles. The summed E-state index contributed by atoms with van der Waals surface area (Å²) >= 11 is 0. The van der Waals surface area contributed by atoms with E-state index in [4.69, 9.17) is 5.14 Å². The van der Waals surface area contributed by atoms with Crippen molar-refractivity contribution in [1.82, 2.24) is 10.3 Å². The van der Waals surface area contributed by atoms with Crippen LogP contribution in [0.2, 0.25) is 0 Å². The highest BCUT2D eigenvalue weighted by molar-refractivity contribution is 7.89. The van der Waals surface area contributed by atoms with E-state index in [2.05, 4.69) is 10.3 Å². The van der Waals surface area contributed by atoms with Crippen molar-refractivity contribution in [3.8, 4) is 0 Å². The number of carbonyl (C=O) groups is 1. The molecule has 2 rings (SSSR count). The normalized spacial score (nSPS) is 11.1. The Bertz CT molecular complexity index is 800. The van der Waals surface area contributed by atoms with E-state index in [-0.39, 0.29) is 10.8 Å². The molecule has 0 aliphatic heterocycles. The smallest absolute Gasteiger partial charge is 0.252 e. The molecule has 0 radical (unpaired) electrons. The van der Waals surface area contributed by atoms with Crippen LogP contribution < -0.4 is 15.4 Å². The molecule has 0 atom stereocenters. The molecule has 0 bridgehead atoms. The second-order valence-corrected chi connectivity index (χ2v) is 7.06. The number of hydrogen-bond donors (Lipinski definition) is 2. The van der Waals surface area contributed by atoms with Crippen LogP contribution in [0.25, 0.3) is 0 Å². The number of hydrogen-bond acceptors (Lipinski definition) is 5. The second-order valence-electron chi connectivity index (χ2n) is 5.49. The minimum absolute atomic E-state index is 0.0716. The zero-order chi connectivity index (χ0) is 17.7. The maximum atomic E-state index is 12.0. The minimum Gasteiger partial charge on any atom is -0.363 e. The molecule has 128 valence electrons. The Hall–Kier alpha value is -2.45. The molecule has 0 fully saturated rings. The van der Waals surface area contributed by atoms with Gasteiger partial charge in [0.15, 0.2) is 0 Å². The van der Waals surface area contributed by atoms with Gasteiger partial charge in [0.05, 0.1) is 10.5 Å². The number of nitrogens with one attached hydrogen (secondary N) is 1. The lowest BCUT2D eigenvalue weighted by molar-refractivity contribution is 0.0954. The molecular weight excluding hydrogens is 328 g/mol. The molecule has 0 saturated heterocycles. The van der Waals surface area contributed by atoms with Gasteiger partial charge in [0.25, 0.3) is 5.91 Å². The third-order valence-electron chi connectivity index (χ3n) is 3.42. The van der Waals surface area contributed by atoms with Crippen molar-refractivity contribution in [3.05, 3.63) is 53.7 Å². The molecule has 3 N–H and O–H groups in total. The average Bonchev–Trinajstić information content (AvgIpc) is 2.54. The van der Waals surface area contributed by atoms with Crippen LogP contribution in [0.3, 0.4) is 0 Å². The Morgan fingerprint density at radius 3 is 2.33 bits per heavy atom. The van der Waals surface area contributed by atoms with E-state index >= 15 is 0 Å². The molecule has 0 aliphatic carbocycles. The summed E-state index contributed by atoms with van der Waals surface area (Å²) in [7, 11) is 0.0770. The Kier molecular flexibility index (Phi) is 5.53. The van der Waals surface area contributed by atoms with Crippen LogP contribution in [-0.4, -0.2) is 39.9 Å². The predicted molar refractivity (Wildman–Crippen MR) is 92.4 cm³/mol. The zero-order valence-corrected chi connectivity index (χ0v) is 14.4. The summed E-state index contributed by atoms with van der Waals surface area (Å²) in [5.74, 6) is 0.579. The number of sulfonamides is 1. The fourth-order valence-corrected chi connectivity index (χ4v) is 2.57. The molecule has 24 heavy (non-hydrogen) atoms. The van der Waals surface area contributed by atoms with E-state index in [1.165, 1.54) is 18.3 Å². The summed E-state index contributed by atoms with van der Waals surface area (Å²) in [4.78, 5) is 18.2. The molecule has 2 aromatic rings. The summed E-state index contributed by atoms with van der Waals surface area (Å²) < 4.78 is 22.4. The fourth-order valence-electron chi connectivity index (χ4n) is 2.05. The van der Waals surface area contributed by atoms with Crippen LogP contribution in [0.15, 0.2) is 47.5 Å². The number of nitrogens with zero attached hydrogens (tertiary/aromatic N) is 2. The Morgan fingerprint density at radius 1 is 1.17 bits per heavy atom. The molecule has 1 heterocycles. The van der Waals surface area contributed by atoms with Crippen molar-refractivity contribution >= 4 is 21.7 Å². The fraction of sp³-hybridized carbons (Fsp3) is 0.250. The van der Waals surface area contributed by atoms with Crippen molar-refractivity contribution in [2.24, 2.45) is 5.14 Å². The topological polar surface area (TPSA) is 105 Å². The van der Waals surface area contributed by atoms with Crippen LogP contribution in [0, 0.1) is 0 Å². The van der Waals surface area contributed by atoms with Gasteiger partial charge in [-0.3, -0.25) is 4.79 Å². The third-order valence-corrected chi connectivity index (χ3v) is 4.35. The molecular formula is C16H20N4O3S. The Morgan fingerprint density at radius 2 is 1.83 bits per heavy atom. The molecule has 1 aromatic carbocycles. The number of carbonyl (C=O) groups excluding carboxylic acids is 1. The van der Waals surface area contributed by atoms with Crippen LogP contribution >= 0.6 is 0 Å². The minimum atomic E-state index is -3.68. The van der Waals surface area contributed by atoms with Gasteiger partial charge in [0.1, 0.15) is 5.82 Å². The van der Waals surface area contributed by atoms with Gasteiger partial charge < -0.3 is 10.2 Å². The largest absolute Gasteiger partial charge is 0.363 e. The summed E-state index contributed by atoms with van der Waals surface area (Å²) in [6.07, 6.45) is 2.12. The summed E-state index contributed by atoms with van der Waals surface area (Å²) in [6, 6.07) is 9.77. The lowest BCUT2D eigenvalue weighted by Gasteiger charge is -2.11. The van der Waals surface area contributed by atoms with E-state index < -0.39 is 10.0 Å². The van der Waals surface area contributed by atoms with Gasteiger partial charge >= 0.3 is 0 Å². The van der Waals surface area contributed by atoms with Crippen molar-refractivity contribution in [1.29, 1.82) is 0 Å². The van der Waals surface area contributed by atoms with Gasteiger partial charge in [0.2, 0.25) is 10.0 Å². The van der Waals surface area contributed by atoms with Crippen molar-refractivity contribution in [2.75, 3.05) is 25.5 Å². The van der Waals surface area contributed by atoms with Crippen molar-refractivity contribution in [3.63, 3.8) is 0 Å². The second kappa shape index (κ2) is 7.41. The zero-order valence-electron chi connectivity index (χ0n) is 13.6. The number of rotatable bonds is 6. The van der Waals surface area contributed by atoms with E-state index in [1.54, 1.807) is 24.3 Å². The Balaban J connectivity index is 1.88. The number of aromatic nitrogens is 1. The van der Waals surface area contributed by atoms with E-state index in [9.17, 15) is 13.2 Å². The molecule has 0 aliphatic rings. The Labute approximate surface area is 141 Å². The summed E-state index contributed by atoms with van der Waals surface area (Å²) in [5.41, 5.74) is 1.40. The number of benzene rings is 1. The van der Waals surface area contributed by atoms with E-state index in [1.807, 2.05) is 19.0 Å². The maximum absolute atomic E-state index is 12.0. The third kappa shape index (κ3) is 4.77. The highest BCUT2D eigenvalue weighted by atomic mass is 32.2. The first-order valence-electron chi connectivity index (χ1n) is 7.30. The van der Waals surface area contributed by atoms with Crippen LogP contribution in [0.4, 0.5) is 5.82 Å². The first-order chi connectivity index (χ1) is 11.3. The molecule has 0 spiro atoms. The van der Waals surface area contributed by atoms with Gasteiger partial charge in [-0.05, 0) is 36.2 Å². The molecule has 7 nitrogen and oxygen atoms in total. The maximum Gasteiger partial charge on any atom is 0.252 e. The number of primary sulfonamides is 1. The quantitative estimate of drug-likeness (QED) is 0.802. The molecule has 1 aromatic heterocycles. The number of pyridine rings is 1. The van der Waals surface area contributed by atoms with E-state index in [0.29, 0.717) is 18.5 Å². The highest BCUT2D eigenvalue weighted by Gasteiger charge is 2.08. The standard InChI is InChI=1S/C16H20N4O3S/c1-20(2)15-8-5-13(11-19-15)16(21)18-10-9-12-3-6-14(7-4-12)24(17,22)23/h3-8,11H,9-10H2,1-2H3,(H,18,21)(H2,17,22,23). The van der Waals surface area contributed by atoms with Crippen molar-refractivity contribution in [2.45, 2.75) is 11.3 Å². The van der Waals surface area contributed by atoms with Gasteiger partial charge in [-0.2, -0.15) is 0 Å². The number of anilines is 1. The SMILES string of the molecule is CN(C)c1ccc(C(=O)NCCc2ccc(S(N)(=O)=O)cc2)cn1. The van der Waals surface area contributed by atoms with Crippen LogP contribution in [0.1, 0.15) is 15.9 Å². The number of nitrogens with two attached hydrogens (primary N) is 1. The summed E-state index contributed by atoms with van der Waals surface area (Å²) in [6.45, 7) is 0.434. The predicted octanol–water partition coefficient (Wildman–Crippen LogP) is 0.767. The van der Waals surface area contributed by atoms with Crippen LogP contribution in [-0.2, 0) is 16.4 Å². The van der Waals surface area contributed by atoms with Crippen LogP contribution in [0.5, 0.6) is 0 Å². The van der Waals surface area contributed by atoms with Gasteiger partial charge in [-0.25, -0.2) is 18.5 Å². The lowest BCUT2D eigenvalue weighted by Crippen LogP contribution is -2.26. The average molecular weight is 348 g/mol. The van der Waals surface area contributed by atoms with Crippen molar-refractivity contribution < 1.29 is 13.2 Å². The van der Waals surface area contributed by atoms with Gasteiger partial charge in [-0.1, -0.05) is 12.1 Å². The molecule has 8 heteroatoms. The number of amides is 1. The van der Waals surface area contributed by atoms with E-state index in [0.717, 1.165) is 11.4 Å². The van der Waals surface area contributed by atoms with Gasteiger partial charge in [-0.15, -0.1) is 0 Å². The first kappa shape index (κ1) is 17.9. The first-order valence-corrected chi connectivity index (χ1v) is 8.85. The summed E-state index contributed by atoms with van der Waals surface area (Å²) in [5, 5.41) is 7.85. The lowest BCUT2D eigenvalue weighted by atomic mass is 10.1. The molecule has 0 unspecified atom stereocenters. The molecule has 1 amide bonds. The van der Waals surface area contributed by atoms with Gasteiger partial charge in [0, 0.05) is 26.8 Å².